The number of hydrogen-bond acceptors (Lipinski definition) is 4. The highest BCUT2D eigenvalue weighted by molar-refractivity contribution is 7.99. The first-order valence-electron chi connectivity index (χ1n) is 5.89. The van der Waals surface area contributed by atoms with Gasteiger partial charge in [0.25, 0.3) is 0 Å². The van der Waals surface area contributed by atoms with E-state index in [1.807, 2.05) is 18.0 Å². The predicted molar refractivity (Wildman–Crippen MR) is 76.4 cm³/mol. The fourth-order valence-corrected chi connectivity index (χ4v) is 3.48. The SMILES string of the molecule is CSCC[C@@H](NC(=O)N(C)C1CCSC1)C(=O)O. The molecule has 1 aliphatic heterocycles. The molecule has 1 heterocycles. The first-order chi connectivity index (χ1) is 8.56. The highest BCUT2D eigenvalue weighted by Crippen LogP contribution is 2.21. The number of carboxylic acid groups (broad SMARTS) is 1. The van der Waals surface area contributed by atoms with Crippen molar-refractivity contribution in [2.45, 2.75) is 24.9 Å². The van der Waals surface area contributed by atoms with E-state index in [0.717, 1.165) is 23.7 Å². The van der Waals surface area contributed by atoms with Crippen molar-refractivity contribution in [1.29, 1.82) is 0 Å². The van der Waals surface area contributed by atoms with Gasteiger partial charge in [-0.3, -0.25) is 0 Å². The molecule has 0 aliphatic carbocycles. The lowest BCUT2D eigenvalue weighted by molar-refractivity contribution is -0.139. The third-order valence-corrected chi connectivity index (χ3v) is 4.77. The van der Waals surface area contributed by atoms with Crippen molar-refractivity contribution < 1.29 is 14.7 Å². The molecule has 104 valence electrons. The average Bonchev–Trinajstić information content (AvgIpc) is 2.86. The minimum absolute atomic E-state index is 0.227. The topological polar surface area (TPSA) is 69.6 Å². The summed E-state index contributed by atoms with van der Waals surface area (Å²) in [6, 6.07) is -0.845. The van der Waals surface area contributed by atoms with E-state index in [2.05, 4.69) is 5.32 Å². The Morgan fingerprint density at radius 2 is 2.33 bits per heavy atom. The van der Waals surface area contributed by atoms with Gasteiger partial charge in [0.05, 0.1) is 0 Å². The van der Waals surface area contributed by atoms with Gasteiger partial charge < -0.3 is 15.3 Å². The quantitative estimate of drug-likeness (QED) is 0.773. The van der Waals surface area contributed by atoms with Gasteiger partial charge in [-0.05, 0) is 30.6 Å². The van der Waals surface area contributed by atoms with Crippen LogP contribution in [0.5, 0.6) is 0 Å². The van der Waals surface area contributed by atoms with Crippen molar-refractivity contribution in [3.05, 3.63) is 0 Å². The molecule has 7 heteroatoms. The van der Waals surface area contributed by atoms with E-state index in [4.69, 9.17) is 5.11 Å². The monoisotopic (exact) mass is 292 g/mol. The predicted octanol–water partition coefficient (Wildman–Crippen LogP) is 1.34. The Hall–Kier alpha value is -0.560. The molecule has 0 aromatic heterocycles. The molecule has 2 atom stereocenters. The zero-order valence-corrected chi connectivity index (χ0v) is 12.4. The summed E-state index contributed by atoms with van der Waals surface area (Å²) in [6.07, 6.45) is 3.36. The van der Waals surface area contributed by atoms with Crippen molar-refractivity contribution in [2.75, 3.05) is 30.6 Å². The number of urea groups is 1. The highest BCUT2D eigenvalue weighted by Gasteiger charge is 2.27. The van der Waals surface area contributed by atoms with Crippen molar-refractivity contribution in [1.82, 2.24) is 10.2 Å². The molecule has 0 bridgehead atoms. The summed E-state index contributed by atoms with van der Waals surface area (Å²) in [6.45, 7) is 0. The molecule has 2 amide bonds. The molecule has 0 radical (unpaired) electrons. The van der Waals surface area contributed by atoms with Crippen LogP contribution in [0.25, 0.3) is 0 Å². The van der Waals surface area contributed by atoms with Crippen molar-refractivity contribution in [3.63, 3.8) is 0 Å². The summed E-state index contributed by atoms with van der Waals surface area (Å²) in [5.41, 5.74) is 0. The number of hydrogen-bond donors (Lipinski definition) is 2. The Balaban J connectivity index is 2.46. The van der Waals surface area contributed by atoms with Gasteiger partial charge in [-0.1, -0.05) is 0 Å². The molecule has 1 saturated heterocycles. The van der Waals surface area contributed by atoms with E-state index in [9.17, 15) is 9.59 Å². The molecular formula is C11H20N2O3S2. The van der Waals surface area contributed by atoms with Crippen LogP contribution in [0, 0.1) is 0 Å². The van der Waals surface area contributed by atoms with Gasteiger partial charge in [-0.15, -0.1) is 0 Å². The third-order valence-electron chi connectivity index (χ3n) is 2.98. The molecule has 0 aromatic carbocycles. The van der Waals surface area contributed by atoms with Crippen LogP contribution in [0.3, 0.4) is 0 Å². The van der Waals surface area contributed by atoms with Crippen molar-refractivity contribution >= 4 is 35.5 Å². The zero-order chi connectivity index (χ0) is 13.5. The van der Waals surface area contributed by atoms with Crippen LogP contribution < -0.4 is 5.32 Å². The van der Waals surface area contributed by atoms with E-state index in [0.29, 0.717) is 6.42 Å². The van der Waals surface area contributed by atoms with E-state index < -0.39 is 12.0 Å². The minimum atomic E-state index is -0.966. The number of thioether (sulfide) groups is 2. The second-order valence-electron chi connectivity index (χ2n) is 4.25. The molecule has 18 heavy (non-hydrogen) atoms. The van der Waals surface area contributed by atoms with Gasteiger partial charge in [0.2, 0.25) is 0 Å². The Morgan fingerprint density at radius 1 is 1.61 bits per heavy atom. The maximum absolute atomic E-state index is 11.9. The number of aliphatic carboxylic acids is 1. The Kier molecular flexibility index (Phi) is 6.70. The molecule has 1 rings (SSSR count). The number of amides is 2. The van der Waals surface area contributed by atoms with Crippen LogP contribution in [-0.2, 0) is 4.79 Å². The van der Waals surface area contributed by atoms with Crippen LogP contribution in [0.15, 0.2) is 0 Å². The smallest absolute Gasteiger partial charge is 0.326 e. The van der Waals surface area contributed by atoms with Gasteiger partial charge >= 0.3 is 12.0 Å². The standard InChI is InChI=1S/C11H20N2O3S2/c1-13(8-3-6-18-7-8)11(16)12-9(10(14)15)4-5-17-2/h8-9H,3-7H2,1-2H3,(H,12,16)(H,14,15)/t8?,9-/m1/s1. The van der Waals surface area contributed by atoms with Crippen molar-refractivity contribution in [3.8, 4) is 0 Å². The summed E-state index contributed by atoms with van der Waals surface area (Å²) < 4.78 is 0. The zero-order valence-electron chi connectivity index (χ0n) is 10.7. The lowest BCUT2D eigenvalue weighted by Gasteiger charge is -2.26. The summed E-state index contributed by atoms with van der Waals surface area (Å²) in [5, 5.41) is 11.6. The van der Waals surface area contributed by atoms with E-state index in [1.165, 1.54) is 0 Å². The molecule has 5 nitrogen and oxygen atoms in total. The number of nitrogens with one attached hydrogen (secondary N) is 1. The second kappa shape index (κ2) is 7.78. The molecule has 1 aliphatic rings. The third kappa shape index (κ3) is 4.61. The number of carbonyl (C=O) groups excluding carboxylic acids is 1. The maximum Gasteiger partial charge on any atom is 0.326 e. The molecule has 0 saturated carbocycles. The van der Waals surface area contributed by atoms with Crippen LogP contribution in [-0.4, -0.2) is 64.7 Å². The Labute approximate surface area is 116 Å². The Bertz CT molecular complexity index is 296. The maximum atomic E-state index is 11.9. The normalized spacial score (nSPS) is 20.4. The molecule has 1 unspecified atom stereocenters. The van der Waals surface area contributed by atoms with Crippen LogP contribution >= 0.6 is 23.5 Å². The lowest BCUT2D eigenvalue weighted by atomic mass is 10.2. The van der Waals surface area contributed by atoms with Gasteiger partial charge in [0.1, 0.15) is 6.04 Å². The van der Waals surface area contributed by atoms with Crippen molar-refractivity contribution in [2.24, 2.45) is 0 Å². The number of rotatable bonds is 6. The first-order valence-corrected chi connectivity index (χ1v) is 8.44. The highest BCUT2D eigenvalue weighted by atomic mass is 32.2. The van der Waals surface area contributed by atoms with Gasteiger partial charge in [0, 0.05) is 18.8 Å². The summed E-state index contributed by atoms with van der Waals surface area (Å²) in [4.78, 5) is 24.6. The first kappa shape index (κ1) is 15.5. The summed E-state index contributed by atoms with van der Waals surface area (Å²) in [7, 11) is 1.74. The van der Waals surface area contributed by atoms with Gasteiger partial charge in [-0.25, -0.2) is 9.59 Å². The lowest BCUT2D eigenvalue weighted by Crippen LogP contribution is -2.50. The second-order valence-corrected chi connectivity index (χ2v) is 6.39. The van der Waals surface area contributed by atoms with E-state index in [-0.39, 0.29) is 12.1 Å². The molecule has 0 spiro atoms. The average molecular weight is 292 g/mol. The van der Waals surface area contributed by atoms with Gasteiger partial charge in [0.15, 0.2) is 0 Å². The molecule has 2 N–H and O–H groups in total. The largest absolute Gasteiger partial charge is 0.480 e. The number of carboxylic acids is 1. The summed E-state index contributed by atoms with van der Waals surface area (Å²) >= 11 is 3.40. The molecular weight excluding hydrogens is 272 g/mol. The van der Waals surface area contributed by atoms with E-state index >= 15 is 0 Å². The van der Waals surface area contributed by atoms with Crippen LogP contribution in [0.4, 0.5) is 4.79 Å². The van der Waals surface area contributed by atoms with Crippen LogP contribution in [0.2, 0.25) is 0 Å². The van der Waals surface area contributed by atoms with Gasteiger partial charge in [-0.2, -0.15) is 23.5 Å². The Morgan fingerprint density at radius 3 is 2.83 bits per heavy atom. The minimum Gasteiger partial charge on any atom is -0.480 e. The molecule has 1 fully saturated rings. The van der Waals surface area contributed by atoms with E-state index in [1.54, 1.807) is 23.7 Å². The summed E-state index contributed by atoms with van der Waals surface area (Å²) in [5.74, 6) is 1.76. The fraction of sp³-hybridized carbons (Fsp3) is 0.818. The van der Waals surface area contributed by atoms with Crippen LogP contribution in [0.1, 0.15) is 12.8 Å². The number of carbonyl (C=O) groups is 2. The fourth-order valence-electron chi connectivity index (χ4n) is 1.74. The molecule has 0 aromatic rings. The number of nitrogens with zero attached hydrogens (tertiary/aromatic N) is 1.